The fourth-order valence-electron chi connectivity index (χ4n) is 2.58. The second-order valence-electron chi connectivity index (χ2n) is 5.93. The van der Waals surface area contributed by atoms with Crippen LogP contribution in [0.25, 0.3) is 0 Å². The largest absolute Gasteiger partial charge is 0.497 e. The van der Waals surface area contributed by atoms with Crippen molar-refractivity contribution in [3.63, 3.8) is 0 Å². The molecule has 0 bridgehead atoms. The van der Waals surface area contributed by atoms with Gasteiger partial charge in [0, 0.05) is 12.1 Å². The van der Waals surface area contributed by atoms with Crippen LogP contribution in [-0.2, 0) is 6.54 Å². The van der Waals surface area contributed by atoms with Crippen LogP contribution in [0, 0.1) is 24.0 Å². The summed E-state index contributed by atoms with van der Waals surface area (Å²) >= 11 is 0. The Labute approximate surface area is 150 Å². The van der Waals surface area contributed by atoms with Gasteiger partial charge in [0.1, 0.15) is 17.2 Å². The van der Waals surface area contributed by atoms with E-state index in [9.17, 15) is 10.1 Å². The van der Waals surface area contributed by atoms with E-state index in [1.165, 1.54) is 12.1 Å². The molecule has 0 aliphatic heterocycles. The van der Waals surface area contributed by atoms with Gasteiger partial charge in [-0.2, -0.15) is 5.10 Å². The molecular formula is C19H19N3O4. The summed E-state index contributed by atoms with van der Waals surface area (Å²) in [5.74, 6) is 2.00. The lowest BCUT2D eigenvalue weighted by molar-refractivity contribution is -0.384. The van der Waals surface area contributed by atoms with Crippen LogP contribution in [0.1, 0.15) is 16.8 Å². The number of nitro benzene ring substituents is 1. The van der Waals surface area contributed by atoms with E-state index >= 15 is 0 Å². The molecule has 0 N–H and O–H groups in total. The highest BCUT2D eigenvalue weighted by molar-refractivity contribution is 5.45. The molecule has 3 rings (SSSR count). The van der Waals surface area contributed by atoms with Crippen LogP contribution in [0.3, 0.4) is 0 Å². The van der Waals surface area contributed by atoms with Gasteiger partial charge in [-0.15, -0.1) is 0 Å². The predicted molar refractivity (Wildman–Crippen MR) is 97.0 cm³/mol. The highest BCUT2D eigenvalue weighted by Crippen LogP contribution is 2.29. The average molecular weight is 353 g/mol. The van der Waals surface area contributed by atoms with Crippen molar-refractivity contribution in [3.8, 4) is 17.2 Å². The molecule has 0 atom stereocenters. The summed E-state index contributed by atoms with van der Waals surface area (Å²) in [6.45, 7) is 4.24. The van der Waals surface area contributed by atoms with Crippen molar-refractivity contribution in [1.82, 2.24) is 9.78 Å². The first-order valence-electron chi connectivity index (χ1n) is 8.06. The Morgan fingerprint density at radius 1 is 1.12 bits per heavy atom. The van der Waals surface area contributed by atoms with Crippen LogP contribution in [0.4, 0.5) is 5.69 Å². The lowest BCUT2D eigenvalue weighted by Gasteiger charge is -2.07. The number of rotatable bonds is 6. The van der Waals surface area contributed by atoms with E-state index in [0.29, 0.717) is 23.6 Å². The standard InChI is InChI=1S/C19H19N3O4/c1-13-10-16(22(23)24)6-9-18(13)26-19-12-21(20-14(19)2)11-15-4-7-17(25-3)8-5-15/h4-10,12H,11H2,1-3H3. The molecule has 3 aromatic rings. The SMILES string of the molecule is COc1ccc(Cn2cc(Oc3ccc([N+](=O)[O-])cc3C)c(C)n2)cc1. The minimum Gasteiger partial charge on any atom is -0.497 e. The third kappa shape index (κ3) is 3.83. The molecule has 7 nitrogen and oxygen atoms in total. The molecule has 0 fully saturated rings. The average Bonchev–Trinajstić information content (AvgIpc) is 2.96. The zero-order chi connectivity index (χ0) is 18.7. The van der Waals surface area contributed by atoms with Crippen molar-refractivity contribution in [1.29, 1.82) is 0 Å². The fourth-order valence-corrected chi connectivity index (χ4v) is 2.58. The summed E-state index contributed by atoms with van der Waals surface area (Å²) < 4.78 is 12.9. The van der Waals surface area contributed by atoms with E-state index in [-0.39, 0.29) is 5.69 Å². The third-order valence-corrected chi connectivity index (χ3v) is 3.99. The van der Waals surface area contributed by atoms with Crippen LogP contribution < -0.4 is 9.47 Å². The molecule has 0 spiro atoms. The second-order valence-corrected chi connectivity index (χ2v) is 5.93. The number of non-ortho nitro benzene ring substituents is 1. The topological polar surface area (TPSA) is 79.4 Å². The number of ether oxygens (including phenoxy) is 2. The molecule has 0 unspecified atom stereocenters. The molecule has 0 aliphatic rings. The Kier molecular flexibility index (Phi) is 4.88. The van der Waals surface area contributed by atoms with E-state index in [0.717, 1.165) is 17.0 Å². The van der Waals surface area contributed by atoms with Gasteiger partial charge < -0.3 is 9.47 Å². The molecular weight excluding hydrogens is 334 g/mol. The minimum absolute atomic E-state index is 0.0433. The van der Waals surface area contributed by atoms with Crippen LogP contribution in [-0.4, -0.2) is 21.8 Å². The fraction of sp³-hybridized carbons (Fsp3) is 0.211. The Balaban J connectivity index is 1.76. The lowest BCUT2D eigenvalue weighted by Crippen LogP contribution is -2.00. The van der Waals surface area contributed by atoms with Crippen molar-refractivity contribution in [3.05, 3.63) is 75.6 Å². The summed E-state index contributed by atoms with van der Waals surface area (Å²) in [6, 6.07) is 12.3. The van der Waals surface area contributed by atoms with Gasteiger partial charge in [0.15, 0.2) is 5.75 Å². The van der Waals surface area contributed by atoms with E-state index in [1.54, 1.807) is 24.8 Å². The highest BCUT2D eigenvalue weighted by Gasteiger charge is 2.12. The summed E-state index contributed by atoms with van der Waals surface area (Å²) in [4.78, 5) is 10.4. The predicted octanol–water partition coefficient (Wildman–Crippen LogP) is 4.26. The first-order chi connectivity index (χ1) is 12.5. The van der Waals surface area contributed by atoms with Gasteiger partial charge in [0.25, 0.3) is 5.69 Å². The molecule has 26 heavy (non-hydrogen) atoms. The zero-order valence-corrected chi connectivity index (χ0v) is 14.8. The van der Waals surface area contributed by atoms with Gasteiger partial charge in [-0.1, -0.05) is 12.1 Å². The van der Waals surface area contributed by atoms with Crippen molar-refractivity contribution < 1.29 is 14.4 Å². The number of hydrogen-bond donors (Lipinski definition) is 0. The summed E-state index contributed by atoms with van der Waals surface area (Å²) in [5.41, 5.74) is 2.57. The Morgan fingerprint density at radius 3 is 2.46 bits per heavy atom. The maximum absolute atomic E-state index is 10.8. The van der Waals surface area contributed by atoms with Crippen molar-refractivity contribution in [2.24, 2.45) is 0 Å². The molecule has 0 amide bonds. The monoisotopic (exact) mass is 353 g/mol. The highest BCUT2D eigenvalue weighted by atomic mass is 16.6. The van der Waals surface area contributed by atoms with Crippen LogP contribution in [0.15, 0.2) is 48.7 Å². The lowest BCUT2D eigenvalue weighted by atomic mass is 10.2. The van der Waals surface area contributed by atoms with Gasteiger partial charge in [0.2, 0.25) is 0 Å². The molecule has 0 aliphatic carbocycles. The van der Waals surface area contributed by atoms with Crippen LogP contribution >= 0.6 is 0 Å². The molecule has 0 saturated heterocycles. The van der Waals surface area contributed by atoms with E-state index in [1.807, 2.05) is 37.4 Å². The van der Waals surface area contributed by atoms with Crippen molar-refractivity contribution in [2.75, 3.05) is 7.11 Å². The number of benzene rings is 2. The van der Waals surface area contributed by atoms with Gasteiger partial charge in [-0.3, -0.25) is 14.8 Å². The first-order valence-corrected chi connectivity index (χ1v) is 8.06. The third-order valence-electron chi connectivity index (χ3n) is 3.99. The molecule has 0 saturated carbocycles. The Bertz CT molecular complexity index is 932. The summed E-state index contributed by atoms with van der Waals surface area (Å²) in [7, 11) is 1.63. The van der Waals surface area contributed by atoms with Crippen molar-refractivity contribution >= 4 is 5.69 Å². The van der Waals surface area contributed by atoms with Crippen LogP contribution in [0.2, 0.25) is 0 Å². The number of methoxy groups -OCH3 is 1. The maximum atomic E-state index is 10.8. The summed E-state index contributed by atoms with van der Waals surface area (Å²) in [6.07, 6.45) is 1.82. The minimum atomic E-state index is -0.422. The van der Waals surface area contributed by atoms with Crippen molar-refractivity contribution in [2.45, 2.75) is 20.4 Å². The van der Waals surface area contributed by atoms with E-state index < -0.39 is 4.92 Å². The zero-order valence-electron chi connectivity index (χ0n) is 14.8. The Morgan fingerprint density at radius 2 is 1.85 bits per heavy atom. The molecule has 2 aromatic carbocycles. The number of nitrogens with zero attached hydrogens (tertiary/aromatic N) is 3. The van der Waals surface area contributed by atoms with Gasteiger partial charge >= 0.3 is 0 Å². The van der Waals surface area contributed by atoms with E-state index in [2.05, 4.69) is 5.10 Å². The van der Waals surface area contributed by atoms with Gasteiger partial charge in [0.05, 0.1) is 24.8 Å². The molecule has 1 heterocycles. The molecule has 134 valence electrons. The van der Waals surface area contributed by atoms with E-state index in [4.69, 9.17) is 9.47 Å². The first kappa shape index (κ1) is 17.5. The second kappa shape index (κ2) is 7.26. The number of nitro groups is 1. The quantitative estimate of drug-likeness (QED) is 0.489. The normalized spacial score (nSPS) is 10.6. The summed E-state index contributed by atoms with van der Waals surface area (Å²) in [5, 5.41) is 15.3. The smallest absolute Gasteiger partial charge is 0.269 e. The van der Waals surface area contributed by atoms with Gasteiger partial charge in [-0.25, -0.2) is 0 Å². The van der Waals surface area contributed by atoms with Crippen LogP contribution in [0.5, 0.6) is 17.2 Å². The Hall–Kier alpha value is -3.35. The molecule has 0 radical (unpaired) electrons. The number of aromatic nitrogens is 2. The van der Waals surface area contributed by atoms with Gasteiger partial charge in [-0.05, 0) is 43.2 Å². The number of hydrogen-bond acceptors (Lipinski definition) is 5. The number of aryl methyl sites for hydroxylation is 2. The maximum Gasteiger partial charge on any atom is 0.269 e. The molecule has 1 aromatic heterocycles. The molecule has 7 heteroatoms.